The second kappa shape index (κ2) is 10.9. The van der Waals surface area contributed by atoms with E-state index in [2.05, 4.69) is 10.3 Å². The maximum absolute atomic E-state index is 12.9. The van der Waals surface area contributed by atoms with Crippen molar-refractivity contribution in [2.45, 2.75) is 32.7 Å². The van der Waals surface area contributed by atoms with Crippen LogP contribution in [0.25, 0.3) is 11.3 Å². The molecule has 29 heavy (non-hydrogen) atoms. The Labute approximate surface area is 182 Å². The summed E-state index contributed by atoms with van der Waals surface area (Å²) in [4.78, 5) is 30.0. The lowest BCUT2D eigenvalue weighted by molar-refractivity contribution is -0.120. The summed E-state index contributed by atoms with van der Waals surface area (Å²) in [7, 11) is 0. The van der Waals surface area contributed by atoms with Crippen LogP contribution in [0.3, 0.4) is 0 Å². The molecule has 6 heteroatoms. The molecule has 0 aliphatic carbocycles. The van der Waals surface area contributed by atoms with Crippen LogP contribution < -0.4 is 5.32 Å². The largest absolute Gasteiger partial charge is 0.342 e. The van der Waals surface area contributed by atoms with Crippen LogP contribution in [0.5, 0.6) is 0 Å². The number of Topliss-reactive ketones (excluding diaryl/α,β-unsaturated/α-hetero) is 1. The molecule has 0 saturated heterocycles. The summed E-state index contributed by atoms with van der Waals surface area (Å²) in [5.41, 5.74) is 2.47. The number of ketones is 1. The number of hydrogen-bond donors (Lipinski definition) is 1. The van der Waals surface area contributed by atoms with E-state index in [0.717, 1.165) is 16.3 Å². The van der Waals surface area contributed by atoms with E-state index >= 15 is 0 Å². The van der Waals surface area contributed by atoms with Crippen molar-refractivity contribution in [1.82, 2.24) is 10.3 Å². The Balaban J connectivity index is 0.00000300. The summed E-state index contributed by atoms with van der Waals surface area (Å²) in [6.07, 6.45) is 0.832. The van der Waals surface area contributed by atoms with Gasteiger partial charge in [-0.25, -0.2) is 4.98 Å². The summed E-state index contributed by atoms with van der Waals surface area (Å²) in [6, 6.07) is 18.4. The van der Waals surface area contributed by atoms with Gasteiger partial charge in [-0.15, -0.1) is 11.3 Å². The Kier molecular flexibility index (Phi) is 8.61. The molecule has 0 fully saturated rings. The zero-order valence-corrected chi connectivity index (χ0v) is 18.4. The molecular weight excluding hydrogens is 400 g/mol. The molecule has 1 atom stereocenters. The third-order valence-corrected chi connectivity index (χ3v) is 5.23. The first-order chi connectivity index (χ1) is 13.5. The maximum Gasteiger partial charge on any atom is 0.251 e. The monoisotopic (exact) mass is 426 g/mol. The van der Waals surface area contributed by atoms with Gasteiger partial charge < -0.3 is 5.32 Å². The highest BCUT2D eigenvalue weighted by Gasteiger charge is 2.23. The second-order valence-corrected chi connectivity index (χ2v) is 8.10. The quantitative estimate of drug-likeness (QED) is 0.558. The van der Waals surface area contributed by atoms with Gasteiger partial charge in [-0.2, -0.15) is 13.5 Å². The third kappa shape index (κ3) is 6.54. The lowest BCUT2D eigenvalue weighted by atomic mass is 9.98. The normalized spacial score (nSPS) is 11.6. The highest BCUT2D eigenvalue weighted by Crippen LogP contribution is 2.22. The molecule has 3 aromatic rings. The van der Waals surface area contributed by atoms with Crippen LogP contribution in [0, 0.1) is 5.92 Å². The fourth-order valence-corrected chi connectivity index (χ4v) is 3.79. The molecule has 1 N–H and O–H groups in total. The average Bonchev–Trinajstić information content (AvgIpc) is 3.17. The van der Waals surface area contributed by atoms with E-state index < -0.39 is 6.04 Å². The minimum Gasteiger partial charge on any atom is -0.342 e. The molecule has 0 aliphatic heterocycles. The van der Waals surface area contributed by atoms with Crippen LogP contribution in [-0.2, 0) is 11.2 Å². The number of rotatable bonds is 8. The maximum atomic E-state index is 12.9. The Morgan fingerprint density at radius 1 is 1.00 bits per heavy atom. The van der Waals surface area contributed by atoms with E-state index in [4.69, 9.17) is 0 Å². The average molecular weight is 427 g/mol. The first kappa shape index (κ1) is 22.8. The molecule has 0 unspecified atom stereocenters. The van der Waals surface area contributed by atoms with Crippen LogP contribution in [-0.4, -0.2) is 22.7 Å². The van der Waals surface area contributed by atoms with Gasteiger partial charge in [-0.1, -0.05) is 62.4 Å². The van der Waals surface area contributed by atoms with Crippen LogP contribution >= 0.6 is 24.8 Å². The van der Waals surface area contributed by atoms with Gasteiger partial charge in [0.15, 0.2) is 5.78 Å². The molecule has 0 bridgehead atoms. The SMILES string of the molecule is CC(C)C[C@H](NC(=O)c1ccccc1)C(=O)Cc1nc(-c2ccccc2)cs1.S. The third-order valence-electron chi connectivity index (χ3n) is 4.38. The van der Waals surface area contributed by atoms with Gasteiger partial charge >= 0.3 is 0 Å². The van der Waals surface area contributed by atoms with E-state index in [0.29, 0.717) is 17.9 Å². The fraction of sp³-hybridized carbons (Fsp3) is 0.261. The van der Waals surface area contributed by atoms with Crippen molar-refractivity contribution in [3.63, 3.8) is 0 Å². The number of nitrogens with zero attached hydrogens (tertiary/aromatic N) is 1. The number of carbonyl (C=O) groups excluding carboxylic acids is 2. The van der Waals surface area contributed by atoms with Gasteiger partial charge in [-0.3, -0.25) is 9.59 Å². The van der Waals surface area contributed by atoms with Gasteiger partial charge in [0.25, 0.3) is 5.91 Å². The topological polar surface area (TPSA) is 59.1 Å². The van der Waals surface area contributed by atoms with Crippen molar-refractivity contribution in [2.75, 3.05) is 0 Å². The van der Waals surface area contributed by atoms with Crippen LogP contribution in [0.2, 0.25) is 0 Å². The van der Waals surface area contributed by atoms with Gasteiger partial charge in [0, 0.05) is 16.5 Å². The second-order valence-electron chi connectivity index (χ2n) is 7.16. The number of carbonyl (C=O) groups is 2. The van der Waals surface area contributed by atoms with Gasteiger partial charge in [0.05, 0.1) is 18.2 Å². The van der Waals surface area contributed by atoms with Crippen LogP contribution in [0.4, 0.5) is 0 Å². The van der Waals surface area contributed by atoms with E-state index in [-0.39, 0.29) is 31.6 Å². The highest BCUT2D eigenvalue weighted by molar-refractivity contribution is 7.59. The molecule has 0 saturated carbocycles. The number of nitrogens with one attached hydrogen (secondary N) is 1. The smallest absolute Gasteiger partial charge is 0.251 e. The molecule has 0 spiro atoms. The predicted octanol–water partition coefficient (Wildman–Crippen LogP) is 4.88. The highest BCUT2D eigenvalue weighted by atomic mass is 32.1. The Hall–Kier alpha value is -2.44. The van der Waals surface area contributed by atoms with E-state index in [1.165, 1.54) is 11.3 Å². The first-order valence-electron chi connectivity index (χ1n) is 9.41. The molecule has 2 aromatic carbocycles. The summed E-state index contributed by atoms with van der Waals surface area (Å²) in [5, 5.41) is 5.65. The van der Waals surface area contributed by atoms with Crippen molar-refractivity contribution in [2.24, 2.45) is 5.92 Å². The fourth-order valence-electron chi connectivity index (χ4n) is 2.98. The Morgan fingerprint density at radius 3 is 2.24 bits per heavy atom. The zero-order valence-electron chi connectivity index (χ0n) is 16.6. The minimum absolute atomic E-state index is 0. The van der Waals surface area contributed by atoms with Gasteiger partial charge in [0.1, 0.15) is 5.01 Å². The number of hydrogen-bond acceptors (Lipinski definition) is 4. The summed E-state index contributed by atoms with van der Waals surface area (Å²) < 4.78 is 0. The lowest BCUT2D eigenvalue weighted by Gasteiger charge is -2.19. The van der Waals surface area contributed by atoms with Crippen molar-refractivity contribution in [1.29, 1.82) is 0 Å². The molecule has 4 nitrogen and oxygen atoms in total. The number of thiazole rings is 1. The molecule has 152 valence electrons. The number of aromatic nitrogens is 1. The van der Waals surface area contributed by atoms with Crippen molar-refractivity contribution in [3.05, 3.63) is 76.6 Å². The van der Waals surface area contributed by atoms with Crippen LogP contribution in [0.15, 0.2) is 66.0 Å². The van der Waals surface area contributed by atoms with Gasteiger partial charge in [0.2, 0.25) is 0 Å². The minimum atomic E-state index is -0.517. The van der Waals surface area contributed by atoms with Gasteiger partial charge in [-0.05, 0) is 24.5 Å². The van der Waals surface area contributed by atoms with Crippen LogP contribution in [0.1, 0.15) is 35.6 Å². The molecule has 1 heterocycles. The Morgan fingerprint density at radius 2 is 1.62 bits per heavy atom. The number of amides is 1. The lowest BCUT2D eigenvalue weighted by Crippen LogP contribution is -2.42. The number of benzene rings is 2. The zero-order chi connectivity index (χ0) is 19.9. The van der Waals surface area contributed by atoms with Crippen molar-refractivity contribution < 1.29 is 9.59 Å². The summed E-state index contributed by atoms with van der Waals surface area (Å²) >= 11 is 1.48. The molecule has 0 aliphatic rings. The molecule has 1 aromatic heterocycles. The van der Waals surface area contributed by atoms with E-state index in [1.54, 1.807) is 12.1 Å². The van der Waals surface area contributed by atoms with Crippen molar-refractivity contribution >= 4 is 36.5 Å². The van der Waals surface area contributed by atoms with E-state index in [9.17, 15) is 9.59 Å². The Bertz CT molecular complexity index is 924. The summed E-state index contributed by atoms with van der Waals surface area (Å²) in [5.74, 6) is 0.0665. The first-order valence-corrected chi connectivity index (χ1v) is 10.3. The predicted molar refractivity (Wildman–Crippen MR) is 124 cm³/mol. The standard InChI is InChI=1S/C23H24N2O2S.H2S/c1-16(2)13-19(25-23(27)18-11-7-4-8-12-18)21(26)14-22-24-20(15-28-22)17-9-5-3-6-10-17;/h3-12,15-16,19H,13-14H2,1-2H3,(H,25,27);1H2/t19-;/m0./s1. The molecular formula is C23H26N2O2S2. The molecule has 3 rings (SSSR count). The summed E-state index contributed by atoms with van der Waals surface area (Å²) in [6.45, 7) is 4.09. The van der Waals surface area contributed by atoms with E-state index in [1.807, 2.05) is 67.8 Å². The molecule has 1 amide bonds. The van der Waals surface area contributed by atoms with Crippen molar-refractivity contribution in [3.8, 4) is 11.3 Å². The molecule has 0 radical (unpaired) electrons.